The van der Waals surface area contributed by atoms with E-state index in [1.807, 2.05) is 19.9 Å². The molecule has 0 unspecified atom stereocenters. The first kappa shape index (κ1) is 13.4. The topological polar surface area (TPSA) is 57.5 Å². The summed E-state index contributed by atoms with van der Waals surface area (Å²) in [6.45, 7) is 6.02. The first-order valence-corrected chi connectivity index (χ1v) is 7.26. The second kappa shape index (κ2) is 5.13. The van der Waals surface area contributed by atoms with E-state index in [0.29, 0.717) is 6.42 Å². The Morgan fingerprint density at radius 3 is 1.94 bits per heavy atom. The van der Waals surface area contributed by atoms with Crippen LogP contribution in [0.25, 0.3) is 0 Å². The summed E-state index contributed by atoms with van der Waals surface area (Å²) in [4.78, 5) is 18.6. The fourth-order valence-corrected chi connectivity index (χ4v) is 3.08. The zero-order chi connectivity index (χ0) is 12.3. The Labute approximate surface area is 96.7 Å². The second-order valence-corrected chi connectivity index (χ2v) is 5.38. The van der Waals surface area contributed by atoms with Gasteiger partial charge in [-0.05, 0) is 42.0 Å². The largest absolute Gasteiger partial charge is 0.356 e. The molecule has 2 N–H and O–H groups in total. The van der Waals surface area contributed by atoms with Crippen LogP contribution in [-0.4, -0.2) is 9.79 Å². The summed E-state index contributed by atoms with van der Waals surface area (Å²) in [6, 6.07) is 3.42. The van der Waals surface area contributed by atoms with Crippen LogP contribution >= 0.6 is 7.60 Å². The minimum absolute atomic E-state index is 0.198. The molecule has 0 spiro atoms. The third-order valence-electron chi connectivity index (χ3n) is 2.91. The quantitative estimate of drug-likeness (QED) is 0.795. The number of benzene rings is 1. The van der Waals surface area contributed by atoms with Crippen LogP contribution in [0.4, 0.5) is 0 Å². The van der Waals surface area contributed by atoms with Gasteiger partial charge in [-0.1, -0.05) is 26.8 Å². The molecular formula is C12H19O3P. The standard InChI is InChI=1S/C12H19O3P/c1-4-9-7-8-12(16(13,14)15)11(6-3)10(9)5-2/h7-8H,4-6H2,1-3H3,(H2,13,14,15). The van der Waals surface area contributed by atoms with Crippen LogP contribution in [0.3, 0.4) is 0 Å². The van der Waals surface area contributed by atoms with Gasteiger partial charge >= 0.3 is 7.60 Å². The smallest absolute Gasteiger partial charge is 0.321 e. The highest BCUT2D eigenvalue weighted by atomic mass is 31.2. The Morgan fingerprint density at radius 2 is 1.56 bits per heavy atom. The van der Waals surface area contributed by atoms with Gasteiger partial charge in [0.05, 0.1) is 5.30 Å². The molecule has 90 valence electrons. The summed E-state index contributed by atoms with van der Waals surface area (Å²) < 4.78 is 11.4. The minimum Gasteiger partial charge on any atom is -0.321 e. The summed E-state index contributed by atoms with van der Waals surface area (Å²) in [5.74, 6) is 0. The van der Waals surface area contributed by atoms with Crippen molar-refractivity contribution in [2.45, 2.75) is 40.0 Å². The van der Waals surface area contributed by atoms with Crippen LogP contribution in [0.2, 0.25) is 0 Å². The average molecular weight is 242 g/mol. The molecule has 0 bridgehead atoms. The van der Waals surface area contributed by atoms with Gasteiger partial charge in [-0.2, -0.15) is 0 Å². The Morgan fingerprint density at radius 1 is 1.00 bits per heavy atom. The summed E-state index contributed by atoms with van der Waals surface area (Å²) >= 11 is 0. The number of hydrogen-bond donors (Lipinski definition) is 2. The van der Waals surface area contributed by atoms with E-state index in [9.17, 15) is 14.4 Å². The van der Waals surface area contributed by atoms with Crippen molar-refractivity contribution in [3.63, 3.8) is 0 Å². The molecule has 0 heterocycles. The van der Waals surface area contributed by atoms with E-state index in [-0.39, 0.29) is 5.30 Å². The normalized spacial score (nSPS) is 11.8. The molecule has 0 atom stereocenters. The third kappa shape index (κ3) is 2.54. The van der Waals surface area contributed by atoms with E-state index < -0.39 is 7.60 Å². The number of hydrogen-bond acceptors (Lipinski definition) is 1. The van der Waals surface area contributed by atoms with Crippen LogP contribution < -0.4 is 5.30 Å². The molecule has 0 aromatic heterocycles. The van der Waals surface area contributed by atoms with Crippen molar-refractivity contribution in [1.29, 1.82) is 0 Å². The van der Waals surface area contributed by atoms with Crippen LogP contribution in [0.5, 0.6) is 0 Å². The maximum absolute atomic E-state index is 11.4. The lowest BCUT2D eigenvalue weighted by Crippen LogP contribution is -2.15. The van der Waals surface area contributed by atoms with Gasteiger partial charge in [-0.3, -0.25) is 4.57 Å². The summed E-state index contributed by atoms with van der Waals surface area (Å²) in [6.07, 6.45) is 2.38. The fraction of sp³-hybridized carbons (Fsp3) is 0.500. The average Bonchev–Trinajstić information content (AvgIpc) is 2.25. The van der Waals surface area contributed by atoms with Crippen molar-refractivity contribution in [1.82, 2.24) is 0 Å². The van der Waals surface area contributed by atoms with E-state index in [0.717, 1.165) is 24.0 Å². The highest BCUT2D eigenvalue weighted by Gasteiger charge is 2.23. The van der Waals surface area contributed by atoms with E-state index in [1.165, 1.54) is 5.56 Å². The summed E-state index contributed by atoms with van der Waals surface area (Å²) in [7, 11) is -4.14. The van der Waals surface area contributed by atoms with Crippen LogP contribution in [0.1, 0.15) is 37.5 Å². The molecule has 0 radical (unpaired) electrons. The number of aryl methyl sites for hydroxylation is 1. The van der Waals surface area contributed by atoms with Gasteiger partial charge in [0.2, 0.25) is 0 Å². The Balaban J connectivity index is 3.50. The predicted octanol–water partition coefficient (Wildman–Crippen LogP) is 2.18. The van der Waals surface area contributed by atoms with Crippen molar-refractivity contribution in [3.05, 3.63) is 28.8 Å². The van der Waals surface area contributed by atoms with Gasteiger partial charge in [0.25, 0.3) is 0 Å². The van der Waals surface area contributed by atoms with E-state index in [1.54, 1.807) is 6.07 Å². The molecule has 1 aromatic carbocycles. The predicted molar refractivity (Wildman–Crippen MR) is 66.3 cm³/mol. The Kier molecular flexibility index (Phi) is 4.31. The van der Waals surface area contributed by atoms with E-state index >= 15 is 0 Å². The molecule has 4 heteroatoms. The molecule has 0 aliphatic carbocycles. The van der Waals surface area contributed by atoms with Gasteiger partial charge < -0.3 is 9.79 Å². The lowest BCUT2D eigenvalue weighted by atomic mass is 9.96. The zero-order valence-electron chi connectivity index (χ0n) is 10.0. The first-order chi connectivity index (χ1) is 7.45. The van der Waals surface area contributed by atoms with Crippen molar-refractivity contribution in [3.8, 4) is 0 Å². The number of rotatable bonds is 4. The highest BCUT2D eigenvalue weighted by Crippen LogP contribution is 2.36. The van der Waals surface area contributed by atoms with Gasteiger partial charge in [0, 0.05) is 0 Å². The van der Waals surface area contributed by atoms with Crippen LogP contribution in [-0.2, 0) is 23.8 Å². The van der Waals surface area contributed by atoms with Crippen LogP contribution in [0, 0.1) is 0 Å². The van der Waals surface area contributed by atoms with Crippen molar-refractivity contribution >= 4 is 12.9 Å². The molecule has 16 heavy (non-hydrogen) atoms. The van der Waals surface area contributed by atoms with E-state index in [2.05, 4.69) is 6.92 Å². The molecule has 1 rings (SSSR count). The van der Waals surface area contributed by atoms with E-state index in [4.69, 9.17) is 0 Å². The Bertz CT molecular complexity index is 421. The monoisotopic (exact) mass is 242 g/mol. The summed E-state index contributed by atoms with van der Waals surface area (Å²) in [5, 5.41) is 0.198. The highest BCUT2D eigenvalue weighted by molar-refractivity contribution is 7.60. The molecule has 0 fully saturated rings. The van der Waals surface area contributed by atoms with Gasteiger partial charge in [-0.15, -0.1) is 0 Å². The molecule has 0 saturated heterocycles. The fourth-order valence-electron chi connectivity index (χ4n) is 2.17. The molecule has 1 aromatic rings. The maximum Gasteiger partial charge on any atom is 0.356 e. The SMILES string of the molecule is CCc1ccc(P(=O)(O)O)c(CC)c1CC. The zero-order valence-corrected chi connectivity index (χ0v) is 10.9. The van der Waals surface area contributed by atoms with Gasteiger partial charge in [-0.25, -0.2) is 0 Å². The second-order valence-electron chi connectivity index (χ2n) is 3.81. The van der Waals surface area contributed by atoms with Crippen molar-refractivity contribution in [2.75, 3.05) is 0 Å². The van der Waals surface area contributed by atoms with Gasteiger partial charge in [0.1, 0.15) is 0 Å². The molecule has 0 saturated carbocycles. The molecule has 0 aliphatic heterocycles. The lowest BCUT2D eigenvalue weighted by molar-refractivity contribution is 0.387. The lowest BCUT2D eigenvalue weighted by Gasteiger charge is -2.17. The maximum atomic E-state index is 11.4. The third-order valence-corrected chi connectivity index (χ3v) is 3.95. The summed E-state index contributed by atoms with van der Waals surface area (Å²) in [5.41, 5.74) is 3.12. The Hall–Kier alpha value is -0.630. The van der Waals surface area contributed by atoms with Crippen LogP contribution in [0.15, 0.2) is 12.1 Å². The molecule has 0 aliphatic rings. The molecule has 3 nitrogen and oxygen atoms in total. The minimum atomic E-state index is -4.14. The first-order valence-electron chi connectivity index (χ1n) is 5.65. The van der Waals surface area contributed by atoms with Crippen molar-refractivity contribution < 1.29 is 14.4 Å². The van der Waals surface area contributed by atoms with Crippen molar-refractivity contribution in [2.24, 2.45) is 0 Å². The van der Waals surface area contributed by atoms with Gasteiger partial charge in [0.15, 0.2) is 0 Å². The molecular weight excluding hydrogens is 223 g/mol. The molecule has 0 amide bonds.